The number of nitrogens with one attached hydrogen (secondary N) is 1. The Kier molecular flexibility index (Phi) is 2.84. The Balaban J connectivity index is 2.07. The second kappa shape index (κ2) is 4.11. The lowest BCUT2D eigenvalue weighted by atomic mass is 10.3. The molecule has 1 saturated heterocycles. The van der Waals surface area contributed by atoms with Gasteiger partial charge >= 0.3 is 0 Å². The van der Waals surface area contributed by atoms with Crippen LogP contribution in [0.1, 0.15) is 0 Å². The number of ether oxygens (including phenoxy) is 1. The van der Waals surface area contributed by atoms with Crippen LogP contribution in [-0.4, -0.2) is 30.3 Å². The minimum atomic E-state index is -0.993. The van der Waals surface area contributed by atoms with Crippen LogP contribution in [0.25, 0.3) is 0 Å². The molecular formula is C9H10ClFN2O. The second-order valence-electron chi connectivity index (χ2n) is 3.12. The van der Waals surface area contributed by atoms with Crippen LogP contribution in [0.2, 0.25) is 5.02 Å². The van der Waals surface area contributed by atoms with Gasteiger partial charge in [-0.1, -0.05) is 11.6 Å². The Morgan fingerprint density at radius 1 is 1.57 bits per heavy atom. The number of pyridine rings is 1. The monoisotopic (exact) mass is 216 g/mol. The summed E-state index contributed by atoms with van der Waals surface area (Å²) in [5, 5.41) is 3.30. The van der Waals surface area contributed by atoms with E-state index < -0.39 is 12.3 Å². The van der Waals surface area contributed by atoms with Crippen molar-refractivity contribution >= 4 is 11.6 Å². The third-order valence-corrected chi connectivity index (χ3v) is 2.36. The first kappa shape index (κ1) is 9.68. The summed E-state index contributed by atoms with van der Waals surface area (Å²) in [6.07, 6.45) is 0.0899. The second-order valence-corrected chi connectivity index (χ2v) is 3.53. The summed E-state index contributed by atoms with van der Waals surface area (Å²) >= 11 is 5.82. The van der Waals surface area contributed by atoms with Crippen LogP contribution in [0.4, 0.5) is 4.39 Å². The molecule has 0 aliphatic carbocycles. The molecule has 0 spiro atoms. The summed E-state index contributed by atoms with van der Waals surface area (Å²) in [6, 6.07) is 3.37. The van der Waals surface area contributed by atoms with Gasteiger partial charge in [0.2, 0.25) is 5.88 Å². The summed E-state index contributed by atoms with van der Waals surface area (Å²) in [4.78, 5) is 3.93. The molecule has 0 aromatic carbocycles. The van der Waals surface area contributed by atoms with Gasteiger partial charge in [-0.25, -0.2) is 9.37 Å². The highest BCUT2D eigenvalue weighted by Gasteiger charge is 2.29. The van der Waals surface area contributed by atoms with Crippen molar-refractivity contribution in [2.75, 3.05) is 13.1 Å². The predicted molar refractivity (Wildman–Crippen MR) is 51.4 cm³/mol. The highest BCUT2D eigenvalue weighted by Crippen LogP contribution is 2.23. The molecule has 2 heterocycles. The lowest BCUT2D eigenvalue weighted by molar-refractivity contribution is 0.135. The van der Waals surface area contributed by atoms with Crippen LogP contribution < -0.4 is 10.1 Å². The average Bonchev–Trinajstić information content (AvgIpc) is 2.56. The molecule has 2 unspecified atom stereocenters. The average molecular weight is 217 g/mol. The number of alkyl halides is 1. The molecule has 3 nitrogen and oxygen atoms in total. The molecule has 1 aromatic rings. The van der Waals surface area contributed by atoms with Gasteiger partial charge in [-0.15, -0.1) is 0 Å². The summed E-state index contributed by atoms with van der Waals surface area (Å²) in [5.41, 5.74) is 0. The minimum Gasteiger partial charge on any atom is -0.469 e. The van der Waals surface area contributed by atoms with Gasteiger partial charge in [-0.3, -0.25) is 0 Å². The van der Waals surface area contributed by atoms with E-state index in [1.54, 1.807) is 18.3 Å². The standard InChI is InChI=1S/C9H10ClFN2O/c10-6-2-1-3-13-9(6)14-8-5-12-4-7(8)11/h1-3,7-8,12H,4-5H2. The first-order valence-corrected chi connectivity index (χ1v) is 4.77. The van der Waals surface area contributed by atoms with Crippen LogP contribution in [0.5, 0.6) is 5.88 Å². The molecule has 1 aromatic heterocycles. The van der Waals surface area contributed by atoms with E-state index in [0.717, 1.165) is 0 Å². The molecule has 0 amide bonds. The van der Waals surface area contributed by atoms with E-state index >= 15 is 0 Å². The fraction of sp³-hybridized carbons (Fsp3) is 0.444. The SMILES string of the molecule is FC1CNCC1Oc1ncccc1Cl. The summed E-state index contributed by atoms with van der Waals surface area (Å²) in [6.45, 7) is 0.823. The molecule has 2 rings (SSSR count). The van der Waals surface area contributed by atoms with E-state index in [4.69, 9.17) is 16.3 Å². The van der Waals surface area contributed by atoms with Crippen LogP contribution in [0, 0.1) is 0 Å². The van der Waals surface area contributed by atoms with Crippen LogP contribution >= 0.6 is 11.6 Å². The van der Waals surface area contributed by atoms with Crippen molar-refractivity contribution in [3.05, 3.63) is 23.4 Å². The van der Waals surface area contributed by atoms with Crippen molar-refractivity contribution in [2.24, 2.45) is 0 Å². The van der Waals surface area contributed by atoms with Gasteiger partial charge in [0.15, 0.2) is 6.17 Å². The van der Waals surface area contributed by atoms with Gasteiger partial charge in [0.25, 0.3) is 0 Å². The highest BCUT2D eigenvalue weighted by atomic mass is 35.5. The minimum absolute atomic E-state index is 0.297. The van der Waals surface area contributed by atoms with Crippen LogP contribution in [-0.2, 0) is 0 Å². The van der Waals surface area contributed by atoms with Gasteiger partial charge in [0, 0.05) is 19.3 Å². The Hall–Kier alpha value is -0.870. The highest BCUT2D eigenvalue weighted by molar-refractivity contribution is 6.31. The zero-order valence-electron chi connectivity index (χ0n) is 7.41. The first-order valence-electron chi connectivity index (χ1n) is 4.39. The number of hydrogen-bond donors (Lipinski definition) is 1. The lowest BCUT2D eigenvalue weighted by Crippen LogP contribution is -2.27. The van der Waals surface area contributed by atoms with Crippen molar-refractivity contribution in [1.29, 1.82) is 0 Å². The molecule has 0 saturated carbocycles. The zero-order chi connectivity index (χ0) is 9.97. The van der Waals surface area contributed by atoms with Crippen molar-refractivity contribution in [3.8, 4) is 5.88 Å². The summed E-state index contributed by atoms with van der Waals surface area (Å²) in [5.74, 6) is 0.297. The maximum Gasteiger partial charge on any atom is 0.232 e. The van der Waals surface area contributed by atoms with Crippen molar-refractivity contribution in [3.63, 3.8) is 0 Å². The quantitative estimate of drug-likeness (QED) is 0.812. The largest absolute Gasteiger partial charge is 0.469 e. The van der Waals surface area contributed by atoms with E-state index in [9.17, 15) is 4.39 Å². The van der Waals surface area contributed by atoms with Crippen molar-refractivity contribution < 1.29 is 9.13 Å². The fourth-order valence-electron chi connectivity index (χ4n) is 1.34. The molecule has 0 radical (unpaired) electrons. The van der Waals surface area contributed by atoms with E-state index in [1.165, 1.54) is 0 Å². The maximum atomic E-state index is 13.1. The molecular weight excluding hydrogens is 207 g/mol. The normalized spacial score (nSPS) is 26.4. The Morgan fingerprint density at radius 3 is 3.07 bits per heavy atom. The van der Waals surface area contributed by atoms with E-state index in [2.05, 4.69) is 10.3 Å². The van der Waals surface area contributed by atoms with Crippen molar-refractivity contribution in [1.82, 2.24) is 10.3 Å². The molecule has 1 aliphatic heterocycles. The Bertz CT molecular complexity index is 323. The zero-order valence-corrected chi connectivity index (χ0v) is 8.17. The predicted octanol–water partition coefficient (Wildman–Crippen LogP) is 1.42. The topological polar surface area (TPSA) is 34.1 Å². The number of hydrogen-bond acceptors (Lipinski definition) is 3. The number of aromatic nitrogens is 1. The molecule has 1 fully saturated rings. The Morgan fingerprint density at radius 2 is 2.43 bits per heavy atom. The molecule has 5 heteroatoms. The van der Waals surface area contributed by atoms with Crippen LogP contribution in [0.15, 0.2) is 18.3 Å². The molecule has 14 heavy (non-hydrogen) atoms. The summed E-state index contributed by atoms with van der Waals surface area (Å²) < 4.78 is 18.5. The van der Waals surface area contributed by atoms with E-state index in [0.29, 0.717) is 24.0 Å². The molecule has 0 bridgehead atoms. The molecule has 76 valence electrons. The van der Waals surface area contributed by atoms with Gasteiger partial charge in [-0.05, 0) is 12.1 Å². The van der Waals surface area contributed by atoms with Gasteiger partial charge < -0.3 is 10.1 Å². The third kappa shape index (κ3) is 1.96. The van der Waals surface area contributed by atoms with E-state index in [-0.39, 0.29) is 0 Å². The molecule has 2 atom stereocenters. The van der Waals surface area contributed by atoms with Crippen molar-refractivity contribution in [2.45, 2.75) is 12.3 Å². The smallest absolute Gasteiger partial charge is 0.232 e. The van der Waals surface area contributed by atoms with Crippen LogP contribution in [0.3, 0.4) is 0 Å². The van der Waals surface area contributed by atoms with Gasteiger partial charge in [0.05, 0.1) is 0 Å². The Labute approximate surface area is 86.2 Å². The molecule has 1 aliphatic rings. The third-order valence-electron chi connectivity index (χ3n) is 2.08. The lowest BCUT2D eigenvalue weighted by Gasteiger charge is -2.14. The van der Waals surface area contributed by atoms with E-state index in [1.807, 2.05) is 0 Å². The molecule has 1 N–H and O–H groups in total. The number of rotatable bonds is 2. The van der Waals surface area contributed by atoms with Gasteiger partial charge in [-0.2, -0.15) is 0 Å². The van der Waals surface area contributed by atoms with Gasteiger partial charge in [0.1, 0.15) is 11.1 Å². The fourth-order valence-corrected chi connectivity index (χ4v) is 1.51. The maximum absolute atomic E-state index is 13.1. The number of halogens is 2. The first-order chi connectivity index (χ1) is 6.77. The number of nitrogens with zero attached hydrogens (tertiary/aromatic N) is 1. The summed E-state index contributed by atoms with van der Waals surface area (Å²) in [7, 11) is 0.